The lowest BCUT2D eigenvalue weighted by Gasteiger charge is -2.55. The second-order valence-electron chi connectivity index (χ2n) is 9.00. The number of hydrogen-bond donors (Lipinski definition) is 0. The number of rotatable bonds is 1. The first kappa shape index (κ1) is 14.9. The highest BCUT2D eigenvalue weighted by Gasteiger charge is 2.57. The third-order valence-electron chi connectivity index (χ3n) is 8.26. The molecule has 122 valence electrons. The van der Waals surface area contributed by atoms with E-state index in [0.29, 0.717) is 23.4 Å². The van der Waals surface area contributed by atoms with Crippen LogP contribution in [0, 0.1) is 40.9 Å². The van der Waals surface area contributed by atoms with Crippen LogP contribution in [-0.2, 0) is 9.59 Å². The molecular formula is C20H30O2. The monoisotopic (exact) mass is 302 g/mol. The molecule has 0 saturated heterocycles. The molecule has 2 nitrogen and oxygen atoms in total. The van der Waals surface area contributed by atoms with Gasteiger partial charge in [0.2, 0.25) is 0 Å². The summed E-state index contributed by atoms with van der Waals surface area (Å²) in [4.78, 5) is 23.9. The molecule has 0 radical (unpaired) electrons. The number of carbonyl (C=O) groups is 2. The van der Waals surface area contributed by atoms with Crippen molar-refractivity contribution < 1.29 is 9.59 Å². The third-order valence-corrected chi connectivity index (χ3v) is 8.26. The summed E-state index contributed by atoms with van der Waals surface area (Å²) in [6.07, 6.45) is 10.4. The van der Waals surface area contributed by atoms with Gasteiger partial charge in [0.25, 0.3) is 0 Å². The molecule has 0 aromatic heterocycles. The zero-order chi connectivity index (χ0) is 15.5. The third kappa shape index (κ3) is 2.05. The molecule has 0 aromatic carbocycles. The van der Waals surface area contributed by atoms with Gasteiger partial charge in [0.05, 0.1) is 0 Å². The number of hydrogen-bond acceptors (Lipinski definition) is 2. The first-order valence-electron chi connectivity index (χ1n) is 9.53. The van der Waals surface area contributed by atoms with Gasteiger partial charge < -0.3 is 0 Å². The molecule has 0 spiro atoms. The van der Waals surface area contributed by atoms with Gasteiger partial charge in [-0.05, 0) is 86.9 Å². The predicted molar refractivity (Wildman–Crippen MR) is 86.3 cm³/mol. The van der Waals surface area contributed by atoms with Crippen molar-refractivity contribution in [1.82, 2.24) is 0 Å². The van der Waals surface area contributed by atoms with Gasteiger partial charge in [0, 0.05) is 18.8 Å². The summed E-state index contributed by atoms with van der Waals surface area (Å²) >= 11 is 0. The highest BCUT2D eigenvalue weighted by Crippen LogP contribution is 2.64. The first-order chi connectivity index (χ1) is 10.5. The molecule has 4 aliphatic rings. The van der Waals surface area contributed by atoms with Gasteiger partial charge in [-0.25, -0.2) is 0 Å². The van der Waals surface area contributed by atoms with Gasteiger partial charge in [0.1, 0.15) is 11.6 Å². The average molecular weight is 302 g/mol. The Hall–Kier alpha value is -0.660. The Morgan fingerprint density at radius 1 is 1.00 bits per heavy atom. The molecule has 4 saturated carbocycles. The van der Waals surface area contributed by atoms with Crippen LogP contribution in [0.1, 0.15) is 71.6 Å². The minimum atomic E-state index is 0.282. The number of carbonyl (C=O) groups excluding carboxylic acids is 2. The van der Waals surface area contributed by atoms with Crippen LogP contribution in [0.25, 0.3) is 0 Å². The molecule has 4 rings (SSSR count). The Morgan fingerprint density at radius 2 is 1.82 bits per heavy atom. The van der Waals surface area contributed by atoms with Crippen molar-refractivity contribution in [2.75, 3.05) is 0 Å². The lowest BCUT2D eigenvalue weighted by molar-refractivity contribution is -0.132. The van der Waals surface area contributed by atoms with Gasteiger partial charge in [-0.1, -0.05) is 6.92 Å². The van der Waals surface area contributed by atoms with Crippen molar-refractivity contribution in [3.8, 4) is 0 Å². The van der Waals surface area contributed by atoms with Gasteiger partial charge in [-0.3, -0.25) is 9.59 Å². The largest absolute Gasteiger partial charge is 0.300 e. The van der Waals surface area contributed by atoms with E-state index >= 15 is 0 Å². The van der Waals surface area contributed by atoms with Crippen LogP contribution in [0.3, 0.4) is 0 Å². The molecule has 4 aliphatic carbocycles. The van der Waals surface area contributed by atoms with Gasteiger partial charge in [0.15, 0.2) is 0 Å². The smallest absolute Gasteiger partial charge is 0.133 e. The zero-order valence-corrected chi connectivity index (χ0v) is 14.1. The van der Waals surface area contributed by atoms with Crippen LogP contribution in [0.15, 0.2) is 0 Å². The van der Waals surface area contributed by atoms with E-state index in [4.69, 9.17) is 0 Å². The molecule has 7 atom stereocenters. The fraction of sp³-hybridized carbons (Fsp3) is 0.900. The number of ketones is 2. The summed E-state index contributed by atoms with van der Waals surface area (Å²) < 4.78 is 0. The normalized spacial score (nSPS) is 50.9. The molecule has 0 N–H and O–H groups in total. The number of fused-ring (bicyclic) bond motifs is 5. The van der Waals surface area contributed by atoms with Crippen LogP contribution in [0.2, 0.25) is 0 Å². The van der Waals surface area contributed by atoms with Crippen LogP contribution in [-0.4, -0.2) is 11.6 Å². The summed E-state index contributed by atoms with van der Waals surface area (Å²) in [5.74, 6) is 5.25. The maximum absolute atomic E-state index is 12.1. The van der Waals surface area contributed by atoms with E-state index < -0.39 is 0 Å². The van der Waals surface area contributed by atoms with Gasteiger partial charge in [-0.15, -0.1) is 0 Å². The quantitative estimate of drug-likeness (QED) is 0.719. The van der Waals surface area contributed by atoms with E-state index in [-0.39, 0.29) is 5.41 Å². The second-order valence-corrected chi connectivity index (χ2v) is 9.00. The highest BCUT2D eigenvalue weighted by molar-refractivity contribution is 5.80. The molecule has 0 heterocycles. The summed E-state index contributed by atoms with van der Waals surface area (Å²) in [6.45, 7) is 4.23. The summed E-state index contributed by atoms with van der Waals surface area (Å²) in [6, 6.07) is 0. The van der Waals surface area contributed by atoms with Crippen molar-refractivity contribution in [2.24, 2.45) is 40.9 Å². The van der Waals surface area contributed by atoms with Crippen molar-refractivity contribution in [3.63, 3.8) is 0 Å². The van der Waals surface area contributed by atoms with Crippen LogP contribution in [0.4, 0.5) is 0 Å². The fourth-order valence-corrected chi connectivity index (χ4v) is 7.33. The minimum Gasteiger partial charge on any atom is -0.300 e. The predicted octanol–water partition coefficient (Wildman–Crippen LogP) is 4.41. The van der Waals surface area contributed by atoms with Crippen molar-refractivity contribution in [2.45, 2.75) is 71.6 Å². The van der Waals surface area contributed by atoms with E-state index in [1.165, 1.54) is 32.1 Å². The van der Waals surface area contributed by atoms with E-state index in [1.807, 2.05) is 6.92 Å². The fourth-order valence-electron chi connectivity index (χ4n) is 7.33. The molecule has 4 fully saturated rings. The lowest BCUT2D eigenvalue weighted by Crippen LogP contribution is -2.49. The molecule has 0 bridgehead atoms. The summed E-state index contributed by atoms with van der Waals surface area (Å²) in [5, 5.41) is 0. The molecule has 22 heavy (non-hydrogen) atoms. The average Bonchev–Trinajstić information content (AvgIpc) is 2.84. The first-order valence-corrected chi connectivity index (χ1v) is 9.53. The topological polar surface area (TPSA) is 34.1 Å². The van der Waals surface area contributed by atoms with Gasteiger partial charge in [-0.2, -0.15) is 0 Å². The van der Waals surface area contributed by atoms with Crippen molar-refractivity contribution in [3.05, 3.63) is 0 Å². The van der Waals surface area contributed by atoms with Crippen molar-refractivity contribution >= 4 is 11.6 Å². The minimum absolute atomic E-state index is 0.282. The zero-order valence-electron chi connectivity index (χ0n) is 14.1. The van der Waals surface area contributed by atoms with E-state index in [1.54, 1.807) is 0 Å². The van der Waals surface area contributed by atoms with Crippen molar-refractivity contribution in [1.29, 1.82) is 0 Å². The van der Waals surface area contributed by atoms with Crippen LogP contribution < -0.4 is 0 Å². The molecule has 0 aromatic rings. The molecule has 0 aliphatic heterocycles. The molecular weight excluding hydrogens is 272 g/mol. The molecule has 7 unspecified atom stereocenters. The number of Topliss-reactive ketones (excluding diaryl/α,β-unsaturated/α-hetero) is 2. The summed E-state index contributed by atoms with van der Waals surface area (Å²) in [7, 11) is 0. The maximum atomic E-state index is 12.1. The standard InChI is InChI=1S/C20H30O2/c1-12(21)18-7-8-19-17-5-3-13-11-14(22)4-6-15(13)16(17)9-10-20(18,19)2/h13,15-19H,3-11H2,1-2H3. The Labute approximate surface area is 134 Å². The van der Waals surface area contributed by atoms with E-state index in [0.717, 1.165) is 49.4 Å². The Balaban J connectivity index is 1.58. The maximum Gasteiger partial charge on any atom is 0.133 e. The SMILES string of the molecule is CC(=O)C1CCC2C3CCC4CC(=O)CCC4C3CCC12C. The van der Waals surface area contributed by atoms with E-state index in [2.05, 4.69) is 6.92 Å². The Morgan fingerprint density at radius 3 is 2.59 bits per heavy atom. The van der Waals surface area contributed by atoms with E-state index in [9.17, 15) is 9.59 Å². The Bertz CT molecular complexity index is 496. The molecule has 2 heteroatoms. The van der Waals surface area contributed by atoms with Gasteiger partial charge >= 0.3 is 0 Å². The Kier molecular flexibility index (Phi) is 3.51. The summed E-state index contributed by atoms with van der Waals surface area (Å²) in [5.41, 5.74) is 0.282. The van der Waals surface area contributed by atoms with Crippen LogP contribution >= 0.6 is 0 Å². The van der Waals surface area contributed by atoms with Crippen LogP contribution in [0.5, 0.6) is 0 Å². The highest BCUT2D eigenvalue weighted by atomic mass is 16.1. The lowest BCUT2D eigenvalue weighted by atomic mass is 9.49. The second kappa shape index (κ2) is 5.18. The molecule has 0 amide bonds.